The van der Waals surface area contributed by atoms with Gasteiger partial charge in [-0.05, 0) is 68.8 Å². The van der Waals surface area contributed by atoms with Gasteiger partial charge in [-0.1, -0.05) is 67.1 Å². The van der Waals surface area contributed by atoms with Crippen molar-refractivity contribution in [1.29, 1.82) is 0 Å². The van der Waals surface area contributed by atoms with Gasteiger partial charge in [-0.2, -0.15) is 0 Å². The highest BCUT2D eigenvalue weighted by Gasteiger charge is 2.24. The lowest BCUT2D eigenvalue weighted by Gasteiger charge is -2.26. The molecule has 0 aliphatic carbocycles. The van der Waals surface area contributed by atoms with Crippen molar-refractivity contribution in [3.63, 3.8) is 0 Å². The van der Waals surface area contributed by atoms with Crippen LogP contribution in [0.1, 0.15) is 42.2 Å². The van der Waals surface area contributed by atoms with Crippen LogP contribution < -0.4 is 4.74 Å². The van der Waals surface area contributed by atoms with Crippen molar-refractivity contribution >= 4 is 28.7 Å². The molecule has 39 heavy (non-hydrogen) atoms. The first kappa shape index (κ1) is 25.1. The summed E-state index contributed by atoms with van der Waals surface area (Å²) in [5.74, 6) is 1.56. The Bertz CT molecular complexity index is 1610. The highest BCUT2D eigenvalue weighted by atomic mass is 16.5. The number of carbonyl (C=O) groups excluding carboxylic acids is 1. The fourth-order valence-corrected chi connectivity index (χ4v) is 5.57. The van der Waals surface area contributed by atoms with Crippen molar-refractivity contribution in [3.05, 3.63) is 96.2 Å². The van der Waals surface area contributed by atoms with E-state index in [4.69, 9.17) is 9.72 Å². The van der Waals surface area contributed by atoms with E-state index in [9.17, 15) is 4.79 Å². The summed E-state index contributed by atoms with van der Waals surface area (Å²) in [6, 6.07) is 26.1. The zero-order chi connectivity index (χ0) is 26.6. The normalized spacial score (nSPS) is 14.5. The van der Waals surface area contributed by atoms with Gasteiger partial charge < -0.3 is 14.2 Å². The molecule has 0 bridgehead atoms. The van der Waals surface area contributed by atoms with E-state index in [-0.39, 0.29) is 5.78 Å². The lowest BCUT2D eigenvalue weighted by molar-refractivity contribution is 0.104. The number of piperidine rings is 1. The summed E-state index contributed by atoms with van der Waals surface area (Å²) in [4.78, 5) is 21.6. The number of allylic oxidation sites excluding steroid dienone is 1. The number of fused-ring (bicyclic) bond motifs is 3. The van der Waals surface area contributed by atoms with Crippen LogP contribution >= 0.6 is 0 Å². The first-order chi connectivity index (χ1) is 19.2. The van der Waals surface area contributed by atoms with Crippen LogP contribution in [0.4, 0.5) is 0 Å². The molecule has 3 aromatic carbocycles. The number of rotatable bonds is 9. The molecule has 1 saturated heterocycles. The minimum atomic E-state index is -0.0748. The number of likely N-dealkylation sites (tertiary alicyclic amines) is 1. The number of imidazole rings is 2. The predicted octanol–water partition coefficient (Wildman–Crippen LogP) is 6.74. The maximum atomic E-state index is 13.9. The smallest absolute Gasteiger partial charge is 0.216 e. The van der Waals surface area contributed by atoms with Crippen molar-refractivity contribution in [2.75, 3.05) is 26.2 Å². The number of benzene rings is 3. The van der Waals surface area contributed by atoms with Gasteiger partial charge in [-0.15, -0.1) is 0 Å². The molecule has 6 rings (SSSR count). The quantitative estimate of drug-likeness (QED) is 0.160. The zero-order valence-electron chi connectivity index (χ0n) is 22.4. The maximum absolute atomic E-state index is 13.9. The molecule has 6 nitrogen and oxygen atoms in total. The number of ketones is 1. The van der Waals surface area contributed by atoms with Crippen LogP contribution in [0.5, 0.6) is 5.75 Å². The molecule has 0 atom stereocenters. The molecule has 1 aliphatic rings. The highest BCUT2D eigenvalue weighted by Crippen LogP contribution is 2.31. The Balaban J connectivity index is 1.44. The first-order valence-electron chi connectivity index (χ1n) is 14.0. The third kappa shape index (κ3) is 5.12. The Morgan fingerprint density at radius 1 is 0.872 bits per heavy atom. The first-order valence-corrected chi connectivity index (χ1v) is 14.0. The Morgan fingerprint density at radius 3 is 2.33 bits per heavy atom. The van der Waals surface area contributed by atoms with E-state index in [1.165, 1.54) is 19.3 Å². The second-order valence-corrected chi connectivity index (χ2v) is 10.1. The molecule has 5 aromatic rings. The molecule has 0 saturated carbocycles. The monoisotopic (exact) mass is 518 g/mol. The van der Waals surface area contributed by atoms with E-state index in [1.807, 2.05) is 73.7 Å². The molecule has 2 aromatic heterocycles. The lowest BCUT2D eigenvalue weighted by Crippen LogP contribution is -2.32. The molecule has 0 amide bonds. The minimum absolute atomic E-state index is 0.0748. The number of ether oxygens (including phenoxy) is 1. The van der Waals surface area contributed by atoms with Gasteiger partial charge in [0.05, 0.1) is 17.6 Å². The van der Waals surface area contributed by atoms with Crippen LogP contribution in [0.3, 0.4) is 0 Å². The number of nitrogens with zero attached hydrogens (tertiary/aromatic N) is 4. The molecule has 198 valence electrons. The second-order valence-electron chi connectivity index (χ2n) is 10.1. The average molecular weight is 519 g/mol. The van der Waals surface area contributed by atoms with Crippen LogP contribution in [0, 0.1) is 0 Å². The molecule has 0 unspecified atom stereocenters. The summed E-state index contributed by atoms with van der Waals surface area (Å²) >= 11 is 0. The topological polar surface area (TPSA) is 51.8 Å². The summed E-state index contributed by atoms with van der Waals surface area (Å²) in [5, 5.41) is 0. The van der Waals surface area contributed by atoms with Gasteiger partial charge in [0.15, 0.2) is 0 Å². The maximum Gasteiger partial charge on any atom is 0.216 e. The van der Waals surface area contributed by atoms with Crippen LogP contribution in [-0.4, -0.2) is 50.9 Å². The standard InChI is InChI=1S/C33H34N4O2/c1-2-39-27-18-15-25(16-19-27)17-20-30(38)32-31(26-11-5-3-6-12-26)34-33-36(24-23-35-21-9-4-10-22-35)28-13-7-8-14-29(28)37(32)33/h3,5-8,11-20H,2,4,9-10,21-24H2,1H3. The average Bonchev–Trinajstić information content (AvgIpc) is 3.52. The summed E-state index contributed by atoms with van der Waals surface area (Å²) in [6.07, 6.45) is 7.38. The predicted molar refractivity (Wildman–Crippen MR) is 157 cm³/mol. The molecule has 1 aliphatic heterocycles. The Kier molecular flexibility index (Phi) is 7.28. The van der Waals surface area contributed by atoms with Crippen molar-refractivity contribution < 1.29 is 9.53 Å². The number of hydrogen-bond acceptors (Lipinski definition) is 4. The van der Waals surface area contributed by atoms with Crippen molar-refractivity contribution in [1.82, 2.24) is 18.9 Å². The molecule has 1 fully saturated rings. The summed E-state index contributed by atoms with van der Waals surface area (Å²) in [5.41, 5.74) is 5.28. The summed E-state index contributed by atoms with van der Waals surface area (Å²) < 4.78 is 9.89. The Morgan fingerprint density at radius 2 is 1.59 bits per heavy atom. The fraction of sp³-hybridized carbons (Fsp3) is 0.273. The lowest BCUT2D eigenvalue weighted by atomic mass is 10.1. The van der Waals surface area contributed by atoms with Crippen molar-refractivity contribution in [2.24, 2.45) is 0 Å². The summed E-state index contributed by atoms with van der Waals surface area (Å²) in [6.45, 7) is 6.70. The van der Waals surface area contributed by atoms with Crippen LogP contribution in [0.15, 0.2) is 84.9 Å². The Hall–Kier alpha value is -4.16. The largest absolute Gasteiger partial charge is 0.494 e. The number of hydrogen-bond donors (Lipinski definition) is 0. The van der Waals surface area contributed by atoms with E-state index >= 15 is 0 Å². The number of para-hydroxylation sites is 2. The van der Waals surface area contributed by atoms with E-state index in [1.54, 1.807) is 6.08 Å². The summed E-state index contributed by atoms with van der Waals surface area (Å²) in [7, 11) is 0. The van der Waals surface area contributed by atoms with Gasteiger partial charge >= 0.3 is 0 Å². The molecular formula is C33H34N4O2. The second kappa shape index (κ2) is 11.3. The molecule has 0 spiro atoms. The zero-order valence-corrected chi connectivity index (χ0v) is 22.4. The van der Waals surface area contributed by atoms with Gasteiger partial charge in [0.1, 0.15) is 17.1 Å². The van der Waals surface area contributed by atoms with Crippen LogP contribution in [-0.2, 0) is 6.54 Å². The van der Waals surface area contributed by atoms with Gasteiger partial charge in [-0.25, -0.2) is 4.98 Å². The van der Waals surface area contributed by atoms with Gasteiger partial charge in [-0.3, -0.25) is 9.20 Å². The van der Waals surface area contributed by atoms with Crippen LogP contribution in [0.25, 0.3) is 34.1 Å². The van der Waals surface area contributed by atoms with Crippen LogP contribution in [0.2, 0.25) is 0 Å². The number of carbonyl (C=O) groups is 1. The van der Waals surface area contributed by atoms with E-state index in [0.717, 1.165) is 59.9 Å². The molecule has 0 N–H and O–H groups in total. The number of aromatic nitrogens is 3. The van der Waals surface area contributed by atoms with Crippen molar-refractivity contribution in [2.45, 2.75) is 32.7 Å². The van der Waals surface area contributed by atoms with Gasteiger partial charge in [0.25, 0.3) is 0 Å². The van der Waals surface area contributed by atoms with E-state index < -0.39 is 0 Å². The fourth-order valence-electron chi connectivity index (χ4n) is 5.57. The van der Waals surface area contributed by atoms with Crippen molar-refractivity contribution in [3.8, 4) is 17.0 Å². The van der Waals surface area contributed by atoms with Gasteiger partial charge in [0.2, 0.25) is 11.6 Å². The molecule has 6 heteroatoms. The van der Waals surface area contributed by atoms with Gasteiger partial charge in [0, 0.05) is 18.7 Å². The van der Waals surface area contributed by atoms with E-state index in [2.05, 4.69) is 32.1 Å². The molecule has 0 radical (unpaired) electrons. The molecular weight excluding hydrogens is 484 g/mol. The third-order valence-corrected chi connectivity index (χ3v) is 7.50. The van der Waals surface area contributed by atoms with E-state index in [0.29, 0.717) is 18.0 Å². The molecule has 3 heterocycles. The minimum Gasteiger partial charge on any atom is -0.494 e. The Labute approximate surface area is 229 Å². The SMILES string of the molecule is CCOc1ccc(C=CC(=O)c2c(-c3ccccc3)nc3n(CCN4CCCCC4)c4ccccc4n23)cc1. The third-order valence-electron chi connectivity index (χ3n) is 7.50. The highest BCUT2D eigenvalue weighted by molar-refractivity contribution is 6.11.